The lowest BCUT2D eigenvalue weighted by Gasteiger charge is -2.39. The van der Waals surface area contributed by atoms with E-state index in [0.29, 0.717) is 6.54 Å². The van der Waals surface area contributed by atoms with Crippen LogP contribution in [-0.2, 0) is 23.7 Å². The first-order chi connectivity index (χ1) is 14.1. The largest absolute Gasteiger partial charge is 0.496 e. The van der Waals surface area contributed by atoms with Crippen molar-refractivity contribution < 1.29 is 9.47 Å². The maximum atomic E-state index is 5.72. The van der Waals surface area contributed by atoms with Crippen LogP contribution in [0.4, 0.5) is 0 Å². The van der Waals surface area contributed by atoms with Gasteiger partial charge in [-0.25, -0.2) is 4.99 Å². The fraction of sp³-hybridized carbons (Fsp3) is 0.545. The van der Waals surface area contributed by atoms with Crippen molar-refractivity contribution in [2.75, 3.05) is 33.4 Å². The van der Waals surface area contributed by atoms with Gasteiger partial charge in [0.2, 0.25) is 0 Å². The maximum Gasteiger partial charge on any atom is 0.191 e. The number of aliphatic imine (C=N–C) groups is 1. The summed E-state index contributed by atoms with van der Waals surface area (Å²) < 4.78 is 13.3. The van der Waals surface area contributed by atoms with Crippen molar-refractivity contribution in [2.24, 2.45) is 12.0 Å². The Labute approximate surface area is 196 Å². The van der Waals surface area contributed by atoms with Crippen LogP contribution in [0.5, 0.6) is 5.75 Å². The monoisotopic (exact) mass is 527 g/mol. The number of guanidine groups is 1. The van der Waals surface area contributed by atoms with Crippen LogP contribution in [0.3, 0.4) is 0 Å². The van der Waals surface area contributed by atoms with Crippen LogP contribution in [-0.4, -0.2) is 49.2 Å². The molecule has 0 spiro atoms. The molecule has 1 aliphatic rings. The third-order valence-corrected chi connectivity index (χ3v) is 5.64. The van der Waals surface area contributed by atoms with E-state index in [9.17, 15) is 0 Å². The molecule has 3 rings (SSSR count). The van der Waals surface area contributed by atoms with Crippen LogP contribution in [0.1, 0.15) is 36.6 Å². The van der Waals surface area contributed by atoms with Gasteiger partial charge >= 0.3 is 0 Å². The zero-order chi connectivity index (χ0) is 20.7. The van der Waals surface area contributed by atoms with Crippen LogP contribution in [0.15, 0.2) is 35.5 Å². The number of ether oxygens (including phenoxy) is 2. The van der Waals surface area contributed by atoms with Gasteiger partial charge in [0.05, 0.1) is 19.3 Å². The van der Waals surface area contributed by atoms with Crippen LogP contribution in [0, 0.1) is 6.92 Å². The first kappa shape index (κ1) is 24.5. The Hall–Kier alpha value is -1.81. The molecule has 2 heterocycles. The van der Waals surface area contributed by atoms with Gasteiger partial charge in [0.15, 0.2) is 5.96 Å². The number of rotatable bonds is 7. The van der Waals surface area contributed by atoms with Crippen molar-refractivity contribution in [3.05, 3.63) is 47.3 Å². The summed E-state index contributed by atoms with van der Waals surface area (Å²) >= 11 is 0. The Morgan fingerprint density at radius 1 is 1.27 bits per heavy atom. The summed E-state index contributed by atoms with van der Waals surface area (Å²) in [7, 11) is 3.68. The average Bonchev–Trinajstić information content (AvgIpc) is 3.15. The molecular formula is C22H34IN5O2. The van der Waals surface area contributed by atoms with E-state index in [-0.39, 0.29) is 29.4 Å². The van der Waals surface area contributed by atoms with Gasteiger partial charge in [-0.1, -0.05) is 17.7 Å². The molecule has 0 amide bonds. The molecule has 7 nitrogen and oxygen atoms in total. The van der Waals surface area contributed by atoms with Crippen LogP contribution >= 0.6 is 24.0 Å². The highest BCUT2D eigenvalue weighted by Crippen LogP contribution is 2.40. The number of benzene rings is 1. The molecule has 30 heavy (non-hydrogen) atoms. The fourth-order valence-electron chi connectivity index (χ4n) is 3.85. The van der Waals surface area contributed by atoms with Gasteiger partial charge < -0.3 is 20.1 Å². The zero-order valence-electron chi connectivity index (χ0n) is 18.4. The first-order valence-corrected chi connectivity index (χ1v) is 10.3. The SMILES string of the molecule is CCNC(=NCc1ccnn1C)NCC1(c2cc(C)ccc2OC)CCOCC1.I. The quantitative estimate of drug-likeness (QED) is 0.329. The predicted molar refractivity (Wildman–Crippen MR) is 131 cm³/mol. The second-order valence-corrected chi connectivity index (χ2v) is 7.59. The first-order valence-electron chi connectivity index (χ1n) is 10.3. The third-order valence-electron chi connectivity index (χ3n) is 5.64. The molecule has 1 fully saturated rings. The topological polar surface area (TPSA) is 72.7 Å². The van der Waals surface area contributed by atoms with Crippen molar-refractivity contribution in [1.82, 2.24) is 20.4 Å². The molecule has 166 valence electrons. The molecule has 0 aliphatic carbocycles. The van der Waals surface area contributed by atoms with E-state index in [1.165, 1.54) is 11.1 Å². The second kappa shape index (κ2) is 11.5. The molecule has 0 bridgehead atoms. The Morgan fingerprint density at radius 2 is 2.03 bits per heavy atom. The number of nitrogens with one attached hydrogen (secondary N) is 2. The minimum atomic E-state index is -0.0572. The minimum absolute atomic E-state index is 0. The van der Waals surface area contributed by atoms with Gasteiger partial charge in [0, 0.05) is 50.5 Å². The summed E-state index contributed by atoms with van der Waals surface area (Å²) in [6, 6.07) is 8.42. The number of nitrogens with zero attached hydrogens (tertiary/aromatic N) is 3. The molecule has 2 aromatic rings. The number of hydrogen-bond acceptors (Lipinski definition) is 4. The highest BCUT2D eigenvalue weighted by atomic mass is 127. The molecule has 1 saturated heterocycles. The standard InChI is InChI=1S/C22H33N5O2.HI/c1-5-23-21(24-15-18-8-11-26-27(18)3)25-16-22(9-12-29-13-10-22)19-14-17(2)6-7-20(19)28-4;/h6-8,11,14H,5,9-10,12-13,15-16H2,1-4H3,(H2,23,24,25);1H. The Kier molecular flexibility index (Phi) is 9.41. The van der Waals surface area contributed by atoms with E-state index >= 15 is 0 Å². The second-order valence-electron chi connectivity index (χ2n) is 7.59. The average molecular weight is 527 g/mol. The van der Waals surface area contributed by atoms with Crippen molar-refractivity contribution >= 4 is 29.9 Å². The van der Waals surface area contributed by atoms with Crippen LogP contribution < -0.4 is 15.4 Å². The van der Waals surface area contributed by atoms with Gasteiger partial charge in [0.1, 0.15) is 5.75 Å². The van der Waals surface area contributed by atoms with Crippen molar-refractivity contribution in [1.29, 1.82) is 0 Å². The Morgan fingerprint density at radius 3 is 2.67 bits per heavy atom. The fourth-order valence-corrected chi connectivity index (χ4v) is 3.85. The third kappa shape index (κ3) is 5.87. The molecule has 1 aromatic carbocycles. The molecular weight excluding hydrogens is 493 g/mol. The molecule has 8 heteroatoms. The van der Waals surface area contributed by atoms with Gasteiger partial charge in [0.25, 0.3) is 0 Å². The summed E-state index contributed by atoms with van der Waals surface area (Å²) in [6.07, 6.45) is 3.69. The highest BCUT2D eigenvalue weighted by Gasteiger charge is 2.37. The van der Waals surface area contributed by atoms with Gasteiger partial charge in [-0.15, -0.1) is 24.0 Å². The zero-order valence-corrected chi connectivity index (χ0v) is 20.7. The molecule has 0 radical (unpaired) electrons. The number of halogens is 1. The smallest absolute Gasteiger partial charge is 0.191 e. The lowest BCUT2D eigenvalue weighted by molar-refractivity contribution is 0.0505. The summed E-state index contributed by atoms with van der Waals surface area (Å²) in [5.41, 5.74) is 3.50. The predicted octanol–water partition coefficient (Wildman–Crippen LogP) is 3.16. The molecule has 1 aliphatic heterocycles. The lowest BCUT2D eigenvalue weighted by Crippen LogP contribution is -2.48. The lowest BCUT2D eigenvalue weighted by atomic mass is 9.73. The van der Waals surface area contributed by atoms with Gasteiger partial charge in [-0.3, -0.25) is 4.68 Å². The number of hydrogen-bond donors (Lipinski definition) is 2. The van der Waals surface area contributed by atoms with Gasteiger partial charge in [-0.2, -0.15) is 5.10 Å². The van der Waals surface area contributed by atoms with E-state index < -0.39 is 0 Å². The molecule has 0 unspecified atom stereocenters. The normalized spacial score (nSPS) is 15.9. The maximum absolute atomic E-state index is 5.72. The van der Waals surface area contributed by atoms with Crippen molar-refractivity contribution in [3.8, 4) is 5.75 Å². The molecule has 1 aromatic heterocycles. The van der Waals surface area contributed by atoms with E-state index in [1.54, 1.807) is 13.3 Å². The van der Waals surface area contributed by atoms with Crippen molar-refractivity contribution in [2.45, 2.75) is 38.6 Å². The summed E-state index contributed by atoms with van der Waals surface area (Å²) in [5, 5.41) is 11.2. The minimum Gasteiger partial charge on any atom is -0.496 e. The van der Waals surface area contributed by atoms with E-state index in [4.69, 9.17) is 14.5 Å². The summed E-state index contributed by atoms with van der Waals surface area (Å²) in [4.78, 5) is 4.76. The van der Waals surface area contributed by atoms with Gasteiger partial charge in [-0.05, 0) is 38.8 Å². The van der Waals surface area contributed by atoms with Crippen molar-refractivity contribution in [3.63, 3.8) is 0 Å². The van der Waals surface area contributed by atoms with E-state index in [2.05, 4.69) is 47.8 Å². The Balaban J connectivity index is 0.00000320. The number of aromatic nitrogens is 2. The number of methoxy groups -OCH3 is 1. The summed E-state index contributed by atoms with van der Waals surface area (Å²) in [5.74, 6) is 1.75. The van der Waals surface area contributed by atoms with Crippen LogP contribution in [0.2, 0.25) is 0 Å². The number of aryl methyl sites for hydroxylation is 2. The highest BCUT2D eigenvalue weighted by molar-refractivity contribution is 14.0. The molecule has 0 saturated carbocycles. The molecule has 0 atom stereocenters. The van der Waals surface area contributed by atoms with E-state index in [1.807, 2.05) is 17.8 Å². The van der Waals surface area contributed by atoms with Crippen LogP contribution in [0.25, 0.3) is 0 Å². The Bertz CT molecular complexity index is 831. The van der Waals surface area contributed by atoms with E-state index in [0.717, 1.165) is 56.5 Å². The molecule has 2 N–H and O–H groups in total. The summed E-state index contributed by atoms with van der Waals surface area (Å²) in [6.45, 7) is 7.87.